The van der Waals surface area contributed by atoms with Gasteiger partial charge >= 0.3 is 0 Å². The quantitative estimate of drug-likeness (QED) is 0.676. The Bertz CT molecular complexity index is 1050. The second-order valence-corrected chi connectivity index (χ2v) is 8.56. The molecule has 0 radical (unpaired) electrons. The van der Waals surface area contributed by atoms with Gasteiger partial charge in [0.2, 0.25) is 10.0 Å². The molecule has 0 aliphatic carbocycles. The van der Waals surface area contributed by atoms with Gasteiger partial charge in [0.15, 0.2) is 0 Å². The Kier molecular flexibility index (Phi) is 8.46. The fourth-order valence-electron chi connectivity index (χ4n) is 1.55. The van der Waals surface area contributed by atoms with Crippen LogP contribution in [-0.4, -0.2) is 16.8 Å². The zero-order chi connectivity index (χ0) is 20.1. The average Bonchev–Trinajstić information content (AvgIpc) is 2.54. The van der Waals surface area contributed by atoms with E-state index in [1.165, 1.54) is 12.1 Å². The van der Waals surface area contributed by atoms with Crippen LogP contribution in [0, 0.1) is 34.3 Å². The summed E-state index contributed by atoms with van der Waals surface area (Å²) in [5, 5.41) is 21.5. The highest BCUT2D eigenvalue weighted by atomic mass is 35.7. The van der Waals surface area contributed by atoms with Gasteiger partial charge in [-0.2, -0.15) is 10.5 Å². The van der Waals surface area contributed by atoms with Crippen LogP contribution in [0.25, 0.3) is 0 Å². The lowest BCUT2D eigenvalue weighted by molar-refractivity contribution is 0.567. The van der Waals surface area contributed by atoms with Crippen molar-refractivity contribution in [3.05, 3.63) is 59.2 Å². The van der Waals surface area contributed by atoms with E-state index in [9.17, 15) is 25.6 Å². The Morgan fingerprint density at radius 1 is 0.852 bits per heavy atom. The first kappa shape index (κ1) is 24.4. The number of primary sulfonamides is 1. The van der Waals surface area contributed by atoms with Crippen molar-refractivity contribution < 1.29 is 25.6 Å². The minimum absolute atomic E-state index is 0. The van der Waals surface area contributed by atoms with Crippen LogP contribution in [0.2, 0.25) is 0 Å². The normalized spacial score (nSPS) is 10.4. The summed E-state index contributed by atoms with van der Waals surface area (Å²) >= 11 is 0. The maximum Gasteiger partial charge on any atom is 0.264 e. The summed E-state index contributed by atoms with van der Waals surface area (Å²) in [7, 11) is -3.30. The molecule has 2 aromatic rings. The van der Waals surface area contributed by atoms with Crippen molar-refractivity contribution in [1.29, 1.82) is 10.5 Å². The molecule has 5 N–H and O–H groups in total. The second kappa shape index (κ2) is 9.36. The van der Waals surface area contributed by atoms with Gasteiger partial charge in [-0.05, 0) is 36.4 Å². The molecule has 0 bridgehead atoms. The molecule has 0 amide bonds. The van der Waals surface area contributed by atoms with E-state index in [-0.39, 0.29) is 17.3 Å². The number of rotatable bonds is 2. The van der Waals surface area contributed by atoms with E-state index in [0.29, 0.717) is 0 Å². The van der Waals surface area contributed by atoms with Crippen LogP contribution in [0.4, 0.5) is 8.78 Å². The minimum Gasteiger partial charge on any atom is -0.344 e. The van der Waals surface area contributed by atoms with Crippen LogP contribution in [0.15, 0.2) is 46.2 Å². The van der Waals surface area contributed by atoms with Crippen LogP contribution in [0.3, 0.4) is 0 Å². The molecule has 0 aliphatic heterocycles. The van der Waals surface area contributed by atoms with Crippen molar-refractivity contribution in [2.24, 2.45) is 5.14 Å². The second-order valence-electron chi connectivity index (χ2n) is 4.50. The first-order valence-electron chi connectivity index (χ1n) is 6.27. The van der Waals surface area contributed by atoms with Gasteiger partial charge in [0, 0.05) is 10.7 Å². The number of hydrogen-bond acceptors (Lipinski definition) is 7. The fraction of sp³-hybridized carbons (Fsp3) is 0. The van der Waals surface area contributed by atoms with Crippen molar-refractivity contribution >= 4 is 29.8 Å². The van der Waals surface area contributed by atoms with Gasteiger partial charge in [0.1, 0.15) is 21.4 Å². The maximum atomic E-state index is 12.8. The molecule has 144 valence electrons. The number of nitrogens with two attached hydrogens (primary N) is 1. The lowest BCUT2D eigenvalue weighted by Gasteiger charge is -1.99. The molecule has 0 heterocycles. The number of benzene rings is 2. The lowest BCUT2D eigenvalue weighted by atomic mass is 10.2. The Morgan fingerprint density at radius 2 is 1.22 bits per heavy atom. The number of nitriles is 2. The van der Waals surface area contributed by atoms with Gasteiger partial charge in [0.05, 0.1) is 23.3 Å². The molecule has 0 aliphatic rings. The third-order valence-corrected chi connectivity index (χ3v) is 4.95. The van der Waals surface area contributed by atoms with E-state index in [4.69, 9.17) is 26.3 Å². The Hall–Kier alpha value is -2.61. The van der Waals surface area contributed by atoms with Crippen molar-refractivity contribution in [2.75, 3.05) is 0 Å². The molecule has 0 fully saturated rings. The summed E-state index contributed by atoms with van der Waals surface area (Å²) in [4.78, 5) is -1.33. The van der Waals surface area contributed by atoms with Gasteiger partial charge in [-0.15, -0.1) is 0 Å². The molecule has 0 unspecified atom stereocenters. The van der Waals surface area contributed by atoms with Crippen molar-refractivity contribution in [3.63, 3.8) is 0 Å². The van der Waals surface area contributed by atoms with E-state index in [2.05, 4.69) is 0 Å². The zero-order valence-electron chi connectivity index (χ0n) is 13.2. The van der Waals surface area contributed by atoms with Gasteiger partial charge in [-0.25, -0.2) is 30.8 Å². The summed E-state index contributed by atoms with van der Waals surface area (Å²) in [6, 6.07) is 9.25. The molecule has 0 aromatic heterocycles. The average molecular weight is 437 g/mol. The smallest absolute Gasteiger partial charge is 0.264 e. The van der Waals surface area contributed by atoms with Crippen molar-refractivity contribution in [3.8, 4) is 12.1 Å². The fourth-order valence-corrected chi connectivity index (χ4v) is 3.11. The number of nitrogens with zero attached hydrogens (tertiary/aromatic N) is 2. The molecule has 0 saturated heterocycles. The summed E-state index contributed by atoms with van der Waals surface area (Å²) in [5.41, 5.74) is 0.0889. The Labute approximate surface area is 158 Å². The van der Waals surface area contributed by atoms with Gasteiger partial charge in [0.25, 0.3) is 9.05 Å². The standard InChI is InChI=1S/C7H3ClFNO2S.C7H5FN2O2S.H3N/c8-13(11,12)7-3-5(4-10)1-2-6(7)9;8-6-2-1-5(4-9)3-7(6)13(10,11)12;/h1-3H;1-3H,(H2,10,11,12);1H3. The highest BCUT2D eigenvalue weighted by Crippen LogP contribution is 2.19. The zero-order valence-corrected chi connectivity index (χ0v) is 15.6. The highest BCUT2D eigenvalue weighted by Gasteiger charge is 2.16. The van der Waals surface area contributed by atoms with Crippen molar-refractivity contribution in [1.82, 2.24) is 6.15 Å². The topological polar surface area (TPSA) is 177 Å². The SMILES string of the molecule is N.N#Cc1ccc(F)c(S(=O)(=O)Cl)c1.N#Cc1ccc(F)c(S(N)(=O)=O)c1. The first-order chi connectivity index (χ1) is 11.9. The minimum atomic E-state index is -4.12. The van der Waals surface area contributed by atoms with E-state index < -0.39 is 40.5 Å². The molecule has 2 aromatic carbocycles. The van der Waals surface area contributed by atoms with Crippen LogP contribution in [0.5, 0.6) is 0 Å². The van der Waals surface area contributed by atoms with Crippen LogP contribution in [-0.2, 0) is 19.1 Å². The Balaban J connectivity index is 0.000000483. The number of sulfonamides is 1. The van der Waals surface area contributed by atoms with E-state index >= 15 is 0 Å². The molecule has 27 heavy (non-hydrogen) atoms. The van der Waals surface area contributed by atoms with Crippen LogP contribution >= 0.6 is 10.7 Å². The van der Waals surface area contributed by atoms with Crippen molar-refractivity contribution in [2.45, 2.75) is 9.79 Å². The predicted molar refractivity (Wildman–Crippen MR) is 91.7 cm³/mol. The van der Waals surface area contributed by atoms with Gasteiger partial charge in [-0.3, -0.25) is 0 Å². The molecule has 8 nitrogen and oxygen atoms in total. The number of hydrogen-bond donors (Lipinski definition) is 2. The van der Waals surface area contributed by atoms with Gasteiger partial charge in [-0.1, -0.05) is 0 Å². The molecule has 0 spiro atoms. The number of halogens is 3. The maximum absolute atomic E-state index is 12.8. The molecule has 13 heteroatoms. The highest BCUT2D eigenvalue weighted by molar-refractivity contribution is 8.13. The monoisotopic (exact) mass is 436 g/mol. The molecular formula is C14H11ClF2N4O4S2. The molecule has 2 rings (SSSR count). The van der Waals surface area contributed by atoms with E-state index in [0.717, 1.165) is 24.3 Å². The molecule has 0 atom stereocenters. The summed E-state index contributed by atoms with van der Waals surface area (Å²) in [6.45, 7) is 0. The lowest BCUT2D eigenvalue weighted by Crippen LogP contribution is -2.14. The largest absolute Gasteiger partial charge is 0.344 e. The summed E-state index contributed by atoms with van der Waals surface area (Å²) < 4.78 is 68.6. The summed E-state index contributed by atoms with van der Waals surface area (Å²) in [5.74, 6) is -1.92. The predicted octanol–water partition coefficient (Wildman–Crippen LogP) is 2.13. The Morgan fingerprint density at radius 3 is 1.56 bits per heavy atom. The summed E-state index contributed by atoms with van der Waals surface area (Å²) in [6.07, 6.45) is 0. The molecular weight excluding hydrogens is 426 g/mol. The molecule has 0 saturated carbocycles. The van der Waals surface area contributed by atoms with E-state index in [1.54, 1.807) is 12.1 Å². The van der Waals surface area contributed by atoms with E-state index in [1.807, 2.05) is 0 Å². The van der Waals surface area contributed by atoms with Gasteiger partial charge < -0.3 is 6.15 Å². The van der Waals surface area contributed by atoms with Crippen LogP contribution in [0.1, 0.15) is 11.1 Å². The third kappa shape index (κ3) is 6.90. The first-order valence-corrected chi connectivity index (χ1v) is 10.1. The third-order valence-electron chi connectivity index (χ3n) is 2.69. The van der Waals surface area contributed by atoms with Crippen LogP contribution < -0.4 is 11.3 Å².